The second kappa shape index (κ2) is 7.98. The molecule has 0 aliphatic carbocycles. The summed E-state index contributed by atoms with van der Waals surface area (Å²) < 4.78 is 6.95. The standard InChI is InChI=1S/C17H19N5O2S/c1-13(16(23)21(2)11-14-7-4-3-5-8-14)25-17-18-19-20-22(17)12-15-9-6-10-24-15/h3-10,13H,11-12H2,1-2H3. The van der Waals surface area contributed by atoms with Crippen LogP contribution in [0.1, 0.15) is 18.2 Å². The van der Waals surface area contributed by atoms with E-state index in [2.05, 4.69) is 15.5 Å². The summed E-state index contributed by atoms with van der Waals surface area (Å²) in [5.74, 6) is 0.788. The highest BCUT2D eigenvalue weighted by molar-refractivity contribution is 8.00. The average Bonchev–Trinajstić information content (AvgIpc) is 3.28. The Balaban J connectivity index is 1.61. The molecule has 0 aliphatic heterocycles. The van der Waals surface area contributed by atoms with Crippen LogP contribution in [0.3, 0.4) is 0 Å². The molecule has 1 aromatic carbocycles. The molecule has 8 heteroatoms. The molecule has 3 rings (SSSR count). The number of amides is 1. The van der Waals surface area contributed by atoms with E-state index in [1.807, 2.05) is 49.4 Å². The maximum atomic E-state index is 12.6. The van der Waals surface area contributed by atoms with Gasteiger partial charge in [-0.3, -0.25) is 4.79 Å². The summed E-state index contributed by atoms with van der Waals surface area (Å²) in [6.45, 7) is 2.87. The van der Waals surface area contributed by atoms with Crippen LogP contribution in [-0.4, -0.2) is 43.3 Å². The van der Waals surface area contributed by atoms with Gasteiger partial charge in [0.2, 0.25) is 11.1 Å². The van der Waals surface area contributed by atoms with E-state index >= 15 is 0 Å². The molecule has 0 saturated carbocycles. The predicted octanol–water partition coefficient (Wildman–Crippen LogP) is 2.45. The Morgan fingerprint density at radius 2 is 2.08 bits per heavy atom. The quantitative estimate of drug-likeness (QED) is 0.605. The number of thioether (sulfide) groups is 1. The molecule has 0 aliphatic rings. The van der Waals surface area contributed by atoms with Crippen molar-refractivity contribution in [1.82, 2.24) is 25.1 Å². The lowest BCUT2D eigenvalue weighted by atomic mass is 10.2. The summed E-state index contributed by atoms with van der Waals surface area (Å²) in [5, 5.41) is 12.0. The molecule has 2 heterocycles. The molecule has 25 heavy (non-hydrogen) atoms. The lowest BCUT2D eigenvalue weighted by Gasteiger charge is -2.20. The summed E-state index contributed by atoms with van der Waals surface area (Å²) in [6, 6.07) is 13.6. The SMILES string of the molecule is CC(Sc1nnnn1Cc1ccco1)C(=O)N(C)Cc1ccccc1. The Morgan fingerprint density at radius 1 is 1.28 bits per heavy atom. The zero-order chi connectivity index (χ0) is 17.6. The van der Waals surface area contributed by atoms with Gasteiger partial charge in [-0.15, -0.1) is 5.10 Å². The van der Waals surface area contributed by atoms with Crippen molar-refractivity contribution in [3.8, 4) is 0 Å². The van der Waals surface area contributed by atoms with Crippen molar-refractivity contribution in [2.45, 2.75) is 30.4 Å². The molecule has 0 spiro atoms. The third-order valence-electron chi connectivity index (χ3n) is 3.65. The van der Waals surface area contributed by atoms with Gasteiger partial charge in [-0.1, -0.05) is 42.1 Å². The second-order valence-electron chi connectivity index (χ2n) is 5.64. The van der Waals surface area contributed by atoms with Gasteiger partial charge in [0, 0.05) is 13.6 Å². The van der Waals surface area contributed by atoms with Gasteiger partial charge in [0.15, 0.2) is 0 Å². The number of rotatable bonds is 7. The first-order chi connectivity index (χ1) is 12.1. The third-order valence-corrected chi connectivity index (χ3v) is 4.71. The average molecular weight is 357 g/mol. The topological polar surface area (TPSA) is 77.0 Å². The second-order valence-corrected chi connectivity index (χ2v) is 6.95. The maximum Gasteiger partial charge on any atom is 0.235 e. The van der Waals surface area contributed by atoms with E-state index in [0.29, 0.717) is 18.2 Å². The number of hydrogen-bond acceptors (Lipinski definition) is 6. The molecule has 130 valence electrons. The molecule has 3 aromatic rings. The molecule has 0 saturated heterocycles. The van der Waals surface area contributed by atoms with Gasteiger partial charge in [0.1, 0.15) is 12.3 Å². The van der Waals surface area contributed by atoms with E-state index in [1.54, 1.807) is 22.9 Å². The van der Waals surface area contributed by atoms with E-state index in [-0.39, 0.29) is 11.2 Å². The number of tetrazole rings is 1. The minimum absolute atomic E-state index is 0.0291. The van der Waals surface area contributed by atoms with Crippen LogP contribution in [-0.2, 0) is 17.9 Å². The fourth-order valence-corrected chi connectivity index (χ4v) is 3.29. The van der Waals surface area contributed by atoms with Crippen LogP contribution in [0.15, 0.2) is 58.3 Å². The lowest BCUT2D eigenvalue weighted by Crippen LogP contribution is -2.33. The Kier molecular flexibility index (Phi) is 5.49. The summed E-state index contributed by atoms with van der Waals surface area (Å²) in [4.78, 5) is 14.3. The molecule has 0 radical (unpaired) electrons. The number of nitrogens with zero attached hydrogens (tertiary/aromatic N) is 5. The lowest BCUT2D eigenvalue weighted by molar-refractivity contribution is -0.129. The first-order valence-corrected chi connectivity index (χ1v) is 8.75. The number of carbonyl (C=O) groups excluding carboxylic acids is 1. The molecule has 1 amide bonds. The molecular formula is C17H19N5O2S. The van der Waals surface area contributed by atoms with Crippen LogP contribution in [0, 0.1) is 0 Å². The van der Waals surface area contributed by atoms with Crippen molar-refractivity contribution in [2.24, 2.45) is 0 Å². The Hall–Kier alpha value is -2.61. The van der Waals surface area contributed by atoms with Crippen LogP contribution < -0.4 is 0 Å². The maximum absolute atomic E-state index is 12.6. The normalized spacial score (nSPS) is 12.1. The van der Waals surface area contributed by atoms with Crippen molar-refractivity contribution in [3.63, 3.8) is 0 Å². The van der Waals surface area contributed by atoms with Crippen LogP contribution in [0.25, 0.3) is 0 Å². The molecular weight excluding hydrogens is 338 g/mol. The number of furan rings is 1. The minimum Gasteiger partial charge on any atom is -0.467 e. The van der Waals surface area contributed by atoms with E-state index in [0.717, 1.165) is 11.3 Å². The van der Waals surface area contributed by atoms with Gasteiger partial charge in [-0.2, -0.15) is 0 Å². The van der Waals surface area contributed by atoms with Crippen LogP contribution in [0.2, 0.25) is 0 Å². The van der Waals surface area contributed by atoms with Crippen molar-refractivity contribution in [2.75, 3.05) is 7.05 Å². The fourth-order valence-electron chi connectivity index (χ4n) is 2.38. The van der Waals surface area contributed by atoms with Gasteiger partial charge in [0.25, 0.3) is 0 Å². The number of benzene rings is 1. The summed E-state index contributed by atoms with van der Waals surface area (Å²) in [5.41, 5.74) is 1.10. The number of hydrogen-bond donors (Lipinski definition) is 0. The molecule has 0 bridgehead atoms. The van der Waals surface area contributed by atoms with E-state index in [1.165, 1.54) is 11.8 Å². The monoisotopic (exact) mass is 357 g/mol. The molecule has 2 aromatic heterocycles. The summed E-state index contributed by atoms with van der Waals surface area (Å²) in [6.07, 6.45) is 1.61. The first-order valence-electron chi connectivity index (χ1n) is 7.87. The number of carbonyl (C=O) groups is 1. The van der Waals surface area contributed by atoms with Crippen molar-refractivity contribution >= 4 is 17.7 Å². The summed E-state index contributed by atoms with van der Waals surface area (Å²) in [7, 11) is 1.80. The Bertz CT molecular complexity index is 804. The van der Waals surface area contributed by atoms with Crippen molar-refractivity contribution < 1.29 is 9.21 Å². The highest BCUT2D eigenvalue weighted by Gasteiger charge is 2.22. The largest absolute Gasteiger partial charge is 0.467 e. The Morgan fingerprint density at radius 3 is 2.80 bits per heavy atom. The number of aromatic nitrogens is 4. The van der Waals surface area contributed by atoms with E-state index in [9.17, 15) is 4.79 Å². The van der Waals surface area contributed by atoms with Gasteiger partial charge < -0.3 is 9.32 Å². The summed E-state index contributed by atoms with van der Waals surface area (Å²) >= 11 is 1.34. The van der Waals surface area contributed by atoms with Crippen molar-refractivity contribution in [1.29, 1.82) is 0 Å². The van der Waals surface area contributed by atoms with Gasteiger partial charge in [-0.05, 0) is 35.0 Å². The van der Waals surface area contributed by atoms with Gasteiger partial charge in [0.05, 0.1) is 11.5 Å². The first kappa shape index (κ1) is 17.2. The predicted molar refractivity (Wildman–Crippen MR) is 93.9 cm³/mol. The third kappa shape index (κ3) is 4.48. The Labute approximate surface area is 150 Å². The van der Waals surface area contributed by atoms with E-state index in [4.69, 9.17) is 4.42 Å². The van der Waals surface area contributed by atoms with Crippen molar-refractivity contribution in [3.05, 3.63) is 60.1 Å². The van der Waals surface area contributed by atoms with Crippen LogP contribution in [0.5, 0.6) is 0 Å². The molecule has 7 nitrogen and oxygen atoms in total. The van der Waals surface area contributed by atoms with E-state index < -0.39 is 0 Å². The minimum atomic E-state index is -0.296. The fraction of sp³-hybridized carbons (Fsp3) is 0.294. The highest BCUT2D eigenvalue weighted by atomic mass is 32.2. The zero-order valence-corrected chi connectivity index (χ0v) is 14.9. The van der Waals surface area contributed by atoms with Gasteiger partial charge in [-0.25, -0.2) is 4.68 Å². The highest BCUT2D eigenvalue weighted by Crippen LogP contribution is 2.22. The van der Waals surface area contributed by atoms with Crippen LogP contribution in [0.4, 0.5) is 0 Å². The smallest absolute Gasteiger partial charge is 0.235 e. The zero-order valence-electron chi connectivity index (χ0n) is 14.1. The molecule has 0 N–H and O–H groups in total. The van der Waals surface area contributed by atoms with Crippen LogP contribution >= 0.6 is 11.8 Å². The molecule has 1 unspecified atom stereocenters. The molecule has 1 atom stereocenters. The molecule has 0 fully saturated rings. The van der Waals surface area contributed by atoms with Gasteiger partial charge >= 0.3 is 0 Å².